The number of H-pyrrole nitrogens is 1. The van der Waals surface area contributed by atoms with Crippen molar-refractivity contribution in [1.82, 2.24) is 25.0 Å². The summed E-state index contributed by atoms with van der Waals surface area (Å²) in [7, 11) is 1.79. The molecule has 2 aromatic rings. The van der Waals surface area contributed by atoms with E-state index < -0.39 is 0 Å². The summed E-state index contributed by atoms with van der Waals surface area (Å²) in [5, 5.41) is 7.22. The number of aromatic amines is 1. The molecule has 1 aliphatic heterocycles. The third kappa shape index (κ3) is 4.67. The first-order valence-corrected chi connectivity index (χ1v) is 8.67. The van der Waals surface area contributed by atoms with Crippen LogP contribution in [0.3, 0.4) is 0 Å². The van der Waals surface area contributed by atoms with Gasteiger partial charge in [0.05, 0.1) is 26.0 Å². The van der Waals surface area contributed by atoms with Gasteiger partial charge in [-0.25, -0.2) is 4.98 Å². The topological polar surface area (TPSA) is 87.5 Å². The number of hydrogen-bond donors (Lipinski definition) is 1. The van der Waals surface area contributed by atoms with E-state index in [4.69, 9.17) is 9.15 Å². The summed E-state index contributed by atoms with van der Waals surface area (Å²) in [6.45, 7) is 4.83. The average Bonchev–Trinajstić information content (AvgIpc) is 3.27. The fourth-order valence-electron chi connectivity index (χ4n) is 2.84. The zero-order valence-electron chi connectivity index (χ0n) is 14.8. The second-order valence-corrected chi connectivity index (χ2v) is 6.31. The minimum Gasteiger partial charge on any atom is -0.467 e. The number of nitrogens with one attached hydrogen (secondary N) is 1. The van der Waals surface area contributed by atoms with Crippen LogP contribution >= 0.6 is 0 Å². The van der Waals surface area contributed by atoms with Gasteiger partial charge < -0.3 is 14.1 Å². The number of amides is 1. The number of nitrogens with zero attached hydrogens (tertiary/aromatic N) is 4. The van der Waals surface area contributed by atoms with Gasteiger partial charge >= 0.3 is 0 Å². The summed E-state index contributed by atoms with van der Waals surface area (Å²) in [6.07, 6.45) is 3.31. The molecule has 0 saturated carbocycles. The molecule has 1 atom stereocenters. The average molecular weight is 347 g/mol. The quantitative estimate of drug-likeness (QED) is 0.814. The molecule has 2 aromatic heterocycles. The number of likely N-dealkylation sites (N-methyl/N-ethyl adjacent to an activating group) is 1. The number of carbonyl (C=O) groups excluding carboxylic acids is 1. The van der Waals surface area contributed by atoms with Gasteiger partial charge in [-0.2, -0.15) is 5.10 Å². The Balaban J connectivity index is 1.52. The minimum absolute atomic E-state index is 0.0544. The van der Waals surface area contributed by atoms with Gasteiger partial charge in [0.15, 0.2) is 5.82 Å². The van der Waals surface area contributed by atoms with Gasteiger partial charge in [0.1, 0.15) is 17.7 Å². The molecular weight excluding hydrogens is 322 g/mol. The van der Waals surface area contributed by atoms with E-state index in [0.717, 1.165) is 31.0 Å². The number of aromatic nitrogens is 3. The first kappa shape index (κ1) is 17.6. The Hall–Kier alpha value is -2.19. The molecule has 0 radical (unpaired) electrons. The van der Waals surface area contributed by atoms with Gasteiger partial charge in [-0.1, -0.05) is 6.92 Å². The normalized spacial score (nSPS) is 18.4. The maximum absolute atomic E-state index is 12.4. The second-order valence-electron chi connectivity index (χ2n) is 6.31. The van der Waals surface area contributed by atoms with E-state index in [9.17, 15) is 4.79 Å². The molecule has 8 nitrogen and oxygen atoms in total. The van der Waals surface area contributed by atoms with E-state index in [1.165, 1.54) is 0 Å². The Morgan fingerprint density at radius 3 is 3.16 bits per heavy atom. The van der Waals surface area contributed by atoms with Gasteiger partial charge in [-0.05, 0) is 18.6 Å². The van der Waals surface area contributed by atoms with Gasteiger partial charge in [0.25, 0.3) is 0 Å². The Morgan fingerprint density at radius 2 is 2.40 bits per heavy atom. The molecule has 0 aliphatic carbocycles. The van der Waals surface area contributed by atoms with Crippen molar-refractivity contribution >= 4 is 5.91 Å². The fraction of sp³-hybridized carbons (Fsp3) is 0.588. The van der Waals surface area contributed by atoms with Crippen LogP contribution in [0.5, 0.6) is 0 Å². The molecule has 1 unspecified atom stereocenters. The van der Waals surface area contributed by atoms with E-state index in [1.807, 2.05) is 12.1 Å². The molecule has 8 heteroatoms. The van der Waals surface area contributed by atoms with Gasteiger partial charge in [-0.3, -0.25) is 14.8 Å². The third-order valence-corrected chi connectivity index (χ3v) is 4.23. The first-order chi connectivity index (χ1) is 12.2. The number of carbonyl (C=O) groups is 1. The molecule has 1 saturated heterocycles. The van der Waals surface area contributed by atoms with Crippen LogP contribution in [0, 0.1) is 0 Å². The van der Waals surface area contributed by atoms with Crippen LogP contribution in [0.25, 0.3) is 0 Å². The lowest BCUT2D eigenvalue weighted by Gasteiger charge is -2.32. The van der Waals surface area contributed by atoms with Crippen molar-refractivity contribution in [2.45, 2.75) is 32.4 Å². The number of ether oxygens (including phenoxy) is 1. The zero-order chi connectivity index (χ0) is 17.6. The molecule has 0 bridgehead atoms. The first-order valence-electron chi connectivity index (χ1n) is 8.67. The molecule has 1 fully saturated rings. The zero-order valence-corrected chi connectivity index (χ0v) is 14.8. The van der Waals surface area contributed by atoms with Crippen molar-refractivity contribution < 1.29 is 13.9 Å². The Bertz CT molecular complexity index is 670. The molecule has 3 heterocycles. The molecule has 1 amide bonds. The molecule has 25 heavy (non-hydrogen) atoms. The van der Waals surface area contributed by atoms with Crippen molar-refractivity contribution in [2.24, 2.45) is 0 Å². The van der Waals surface area contributed by atoms with Crippen molar-refractivity contribution in [1.29, 1.82) is 0 Å². The summed E-state index contributed by atoms with van der Waals surface area (Å²) >= 11 is 0. The Labute approximate surface area is 147 Å². The van der Waals surface area contributed by atoms with Gasteiger partial charge in [-0.15, -0.1) is 0 Å². The predicted octanol–water partition coefficient (Wildman–Crippen LogP) is 1.38. The van der Waals surface area contributed by atoms with Crippen LogP contribution in [0.1, 0.15) is 36.9 Å². The highest BCUT2D eigenvalue weighted by Gasteiger charge is 2.27. The van der Waals surface area contributed by atoms with Crippen LogP contribution in [0.2, 0.25) is 0 Å². The van der Waals surface area contributed by atoms with Crippen LogP contribution < -0.4 is 0 Å². The number of rotatable bonds is 7. The Kier molecular flexibility index (Phi) is 5.83. The number of aryl methyl sites for hydroxylation is 1. The van der Waals surface area contributed by atoms with E-state index >= 15 is 0 Å². The summed E-state index contributed by atoms with van der Waals surface area (Å²) in [4.78, 5) is 20.7. The van der Waals surface area contributed by atoms with E-state index in [1.54, 1.807) is 18.2 Å². The highest BCUT2D eigenvalue weighted by molar-refractivity contribution is 5.77. The maximum atomic E-state index is 12.4. The SMILES string of the molecule is CCCc1nc(C2CN(CC(=O)N(C)Cc3ccco3)CCO2)n[nH]1. The van der Waals surface area contributed by atoms with E-state index in [0.29, 0.717) is 32.1 Å². The van der Waals surface area contributed by atoms with Crippen molar-refractivity contribution in [3.63, 3.8) is 0 Å². The molecular formula is C17H25N5O3. The van der Waals surface area contributed by atoms with Crippen molar-refractivity contribution in [3.05, 3.63) is 35.8 Å². The number of hydrogen-bond acceptors (Lipinski definition) is 6. The molecule has 1 N–H and O–H groups in total. The fourth-order valence-corrected chi connectivity index (χ4v) is 2.84. The lowest BCUT2D eigenvalue weighted by Crippen LogP contribution is -2.44. The van der Waals surface area contributed by atoms with Crippen molar-refractivity contribution in [3.8, 4) is 0 Å². The van der Waals surface area contributed by atoms with Crippen LogP contribution in [0.15, 0.2) is 22.8 Å². The molecule has 0 aromatic carbocycles. The minimum atomic E-state index is -0.196. The molecule has 0 spiro atoms. The lowest BCUT2D eigenvalue weighted by molar-refractivity contribution is -0.134. The van der Waals surface area contributed by atoms with E-state index in [-0.39, 0.29) is 12.0 Å². The summed E-state index contributed by atoms with van der Waals surface area (Å²) < 4.78 is 11.1. The number of furan rings is 1. The second kappa shape index (κ2) is 8.26. The highest BCUT2D eigenvalue weighted by atomic mass is 16.5. The smallest absolute Gasteiger partial charge is 0.236 e. The summed E-state index contributed by atoms with van der Waals surface area (Å²) in [5.74, 6) is 2.38. The van der Waals surface area contributed by atoms with Crippen LogP contribution in [-0.2, 0) is 22.5 Å². The Morgan fingerprint density at radius 1 is 1.52 bits per heavy atom. The maximum Gasteiger partial charge on any atom is 0.236 e. The van der Waals surface area contributed by atoms with Gasteiger partial charge in [0.2, 0.25) is 5.91 Å². The van der Waals surface area contributed by atoms with Crippen LogP contribution in [-0.4, -0.2) is 64.2 Å². The molecule has 1 aliphatic rings. The highest BCUT2D eigenvalue weighted by Crippen LogP contribution is 2.19. The standard InChI is InChI=1S/C17H25N5O3/c1-3-5-15-18-17(20-19-15)14-11-22(7-9-25-14)12-16(23)21(2)10-13-6-4-8-24-13/h4,6,8,14H,3,5,7,9-12H2,1-2H3,(H,18,19,20). The third-order valence-electron chi connectivity index (χ3n) is 4.23. The van der Waals surface area contributed by atoms with Crippen molar-refractivity contribution in [2.75, 3.05) is 33.3 Å². The monoisotopic (exact) mass is 347 g/mol. The summed E-state index contributed by atoms with van der Waals surface area (Å²) in [6, 6.07) is 3.69. The van der Waals surface area contributed by atoms with Gasteiger partial charge in [0, 0.05) is 26.6 Å². The predicted molar refractivity (Wildman–Crippen MR) is 90.7 cm³/mol. The lowest BCUT2D eigenvalue weighted by atomic mass is 10.2. The number of morpholine rings is 1. The largest absolute Gasteiger partial charge is 0.467 e. The van der Waals surface area contributed by atoms with Crippen LogP contribution in [0.4, 0.5) is 0 Å². The van der Waals surface area contributed by atoms with E-state index in [2.05, 4.69) is 27.0 Å². The summed E-state index contributed by atoms with van der Waals surface area (Å²) in [5.41, 5.74) is 0. The molecule has 3 rings (SSSR count). The molecule has 136 valence electrons.